The zero-order valence-electron chi connectivity index (χ0n) is 11.0. The van der Waals surface area contributed by atoms with Crippen LogP contribution in [0, 0.1) is 5.92 Å². The molecule has 0 heterocycles. The lowest BCUT2D eigenvalue weighted by atomic mass is 10.1. The van der Waals surface area contributed by atoms with Crippen LogP contribution in [0.25, 0.3) is 0 Å². The van der Waals surface area contributed by atoms with Crippen molar-refractivity contribution in [3.8, 4) is 0 Å². The van der Waals surface area contributed by atoms with Crippen LogP contribution in [-0.4, -0.2) is 18.9 Å². The van der Waals surface area contributed by atoms with E-state index in [1.807, 2.05) is 38.1 Å². The van der Waals surface area contributed by atoms with E-state index in [0.29, 0.717) is 12.5 Å². The zero-order valence-corrected chi connectivity index (χ0v) is 11.0. The van der Waals surface area contributed by atoms with Crippen LogP contribution in [0.2, 0.25) is 0 Å². The van der Waals surface area contributed by atoms with Gasteiger partial charge >= 0.3 is 0 Å². The maximum absolute atomic E-state index is 11.5. The Hall–Kier alpha value is -2.04. The molecule has 98 valence electrons. The van der Waals surface area contributed by atoms with E-state index in [-0.39, 0.29) is 11.8 Å². The predicted molar refractivity (Wildman–Crippen MR) is 74.3 cm³/mol. The predicted octanol–water partition coefficient (Wildman–Crippen LogP) is 1.32. The van der Waals surface area contributed by atoms with Crippen molar-refractivity contribution in [1.29, 1.82) is 0 Å². The Morgan fingerprint density at radius 1 is 1.33 bits per heavy atom. The normalized spacial score (nSPS) is 11.4. The molecule has 0 fully saturated rings. The monoisotopic (exact) mass is 248 g/mol. The standard InChI is InChI=1S/C13H20N4O/c1-9(2)12(18)17-11-6-4-10(5-7-11)8-16-13(14)15-3/h4-7,9H,8H2,1-3H3,(H,17,18)(H3,14,15,16). The van der Waals surface area contributed by atoms with Gasteiger partial charge in [0.15, 0.2) is 5.96 Å². The highest BCUT2D eigenvalue weighted by Gasteiger charge is 2.06. The number of carbonyl (C=O) groups excluding carboxylic acids is 1. The summed E-state index contributed by atoms with van der Waals surface area (Å²) in [6.45, 7) is 4.34. The first-order valence-electron chi connectivity index (χ1n) is 5.89. The minimum absolute atomic E-state index is 0.0169. The number of hydrogen-bond acceptors (Lipinski definition) is 2. The molecule has 5 heteroatoms. The van der Waals surface area contributed by atoms with E-state index in [1.54, 1.807) is 7.05 Å². The van der Waals surface area contributed by atoms with Gasteiger partial charge in [0.25, 0.3) is 0 Å². The summed E-state index contributed by atoms with van der Waals surface area (Å²) >= 11 is 0. The molecule has 0 radical (unpaired) electrons. The molecule has 18 heavy (non-hydrogen) atoms. The topological polar surface area (TPSA) is 79.5 Å². The van der Waals surface area contributed by atoms with Gasteiger partial charge in [-0.3, -0.25) is 9.79 Å². The van der Waals surface area contributed by atoms with Crippen molar-refractivity contribution in [2.24, 2.45) is 16.6 Å². The Morgan fingerprint density at radius 3 is 2.44 bits per heavy atom. The second-order valence-electron chi connectivity index (χ2n) is 4.30. The van der Waals surface area contributed by atoms with E-state index in [0.717, 1.165) is 11.3 Å². The molecule has 0 aliphatic carbocycles. The van der Waals surface area contributed by atoms with Crippen molar-refractivity contribution >= 4 is 17.6 Å². The fourth-order valence-corrected chi connectivity index (χ4v) is 1.26. The summed E-state index contributed by atoms with van der Waals surface area (Å²) in [5.74, 6) is 0.405. The summed E-state index contributed by atoms with van der Waals surface area (Å²) in [7, 11) is 1.63. The Kier molecular flexibility index (Phi) is 5.17. The molecule has 0 aliphatic heterocycles. The first kappa shape index (κ1) is 14.0. The lowest BCUT2D eigenvalue weighted by molar-refractivity contribution is -0.118. The molecule has 4 N–H and O–H groups in total. The first-order chi connectivity index (χ1) is 8.52. The molecule has 1 rings (SSSR count). The Morgan fingerprint density at radius 2 is 1.94 bits per heavy atom. The average molecular weight is 248 g/mol. The molecule has 0 aliphatic rings. The molecule has 0 spiro atoms. The van der Waals surface area contributed by atoms with Crippen molar-refractivity contribution in [3.63, 3.8) is 0 Å². The number of amides is 1. The van der Waals surface area contributed by atoms with Gasteiger partial charge in [-0.15, -0.1) is 0 Å². The minimum Gasteiger partial charge on any atom is -0.370 e. The number of benzene rings is 1. The second-order valence-corrected chi connectivity index (χ2v) is 4.30. The van der Waals surface area contributed by atoms with Crippen LogP contribution in [-0.2, 0) is 11.3 Å². The van der Waals surface area contributed by atoms with Gasteiger partial charge < -0.3 is 16.4 Å². The summed E-state index contributed by atoms with van der Waals surface area (Å²) in [6, 6.07) is 7.62. The van der Waals surface area contributed by atoms with E-state index < -0.39 is 0 Å². The van der Waals surface area contributed by atoms with Crippen LogP contribution in [0.4, 0.5) is 5.69 Å². The SMILES string of the molecule is CN=C(N)NCc1ccc(NC(=O)C(C)C)cc1. The minimum atomic E-state index is -0.0214. The number of hydrogen-bond donors (Lipinski definition) is 3. The smallest absolute Gasteiger partial charge is 0.226 e. The second kappa shape index (κ2) is 6.64. The van der Waals surface area contributed by atoms with Gasteiger partial charge in [-0.2, -0.15) is 0 Å². The molecule has 1 aromatic rings. The Bertz CT molecular complexity index is 423. The largest absolute Gasteiger partial charge is 0.370 e. The molecule has 5 nitrogen and oxygen atoms in total. The van der Waals surface area contributed by atoms with Crippen LogP contribution in [0.3, 0.4) is 0 Å². The number of anilines is 1. The number of nitrogens with two attached hydrogens (primary N) is 1. The van der Waals surface area contributed by atoms with Crippen molar-refractivity contribution in [3.05, 3.63) is 29.8 Å². The molecule has 0 saturated heterocycles. The maximum Gasteiger partial charge on any atom is 0.226 e. The molecule has 1 aromatic carbocycles. The van der Waals surface area contributed by atoms with E-state index in [2.05, 4.69) is 15.6 Å². The summed E-state index contributed by atoms with van der Waals surface area (Å²) in [4.78, 5) is 15.3. The van der Waals surface area contributed by atoms with Crippen LogP contribution in [0.5, 0.6) is 0 Å². The molecule has 0 saturated carbocycles. The first-order valence-corrected chi connectivity index (χ1v) is 5.89. The summed E-state index contributed by atoms with van der Waals surface area (Å²) in [6.07, 6.45) is 0. The van der Waals surface area contributed by atoms with Gasteiger partial charge in [0.05, 0.1) is 0 Å². The molecule has 0 bridgehead atoms. The maximum atomic E-state index is 11.5. The fraction of sp³-hybridized carbons (Fsp3) is 0.385. The van der Waals surface area contributed by atoms with Crippen molar-refractivity contribution in [1.82, 2.24) is 5.32 Å². The van der Waals surface area contributed by atoms with Crippen LogP contribution in [0.15, 0.2) is 29.3 Å². The van der Waals surface area contributed by atoms with E-state index >= 15 is 0 Å². The third kappa shape index (κ3) is 4.45. The number of nitrogens with one attached hydrogen (secondary N) is 2. The number of guanidine groups is 1. The van der Waals surface area contributed by atoms with E-state index in [1.165, 1.54) is 0 Å². The van der Waals surface area contributed by atoms with Gasteiger partial charge in [0, 0.05) is 25.2 Å². The van der Waals surface area contributed by atoms with Gasteiger partial charge in [-0.05, 0) is 17.7 Å². The lowest BCUT2D eigenvalue weighted by Crippen LogP contribution is -2.30. The third-order valence-corrected chi connectivity index (χ3v) is 2.46. The number of aliphatic imine (C=N–C) groups is 1. The summed E-state index contributed by atoms with van der Waals surface area (Å²) < 4.78 is 0. The summed E-state index contributed by atoms with van der Waals surface area (Å²) in [5.41, 5.74) is 7.41. The van der Waals surface area contributed by atoms with Gasteiger partial charge in [0.2, 0.25) is 5.91 Å². The third-order valence-electron chi connectivity index (χ3n) is 2.46. The van der Waals surface area contributed by atoms with Gasteiger partial charge in [0.1, 0.15) is 0 Å². The average Bonchev–Trinajstić information content (AvgIpc) is 2.37. The fourth-order valence-electron chi connectivity index (χ4n) is 1.26. The molecule has 1 amide bonds. The Labute approximate surface area is 107 Å². The lowest BCUT2D eigenvalue weighted by Gasteiger charge is -2.09. The van der Waals surface area contributed by atoms with Crippen LogP contribution in [0.1, 0.15) is 19.4 Å². The highest BCUT2D eigenvalue weighted by Crippen LogP contribution is 2.10. The highest BCUT2D eigenvalue weighted by molar-refractivity contribution is 5.92. The van der Waals surface area contributed by atoms with Crippen LogP contribution < -0.4 is 16.4 Å². The van der Waals surface area contributed by atoms with Gasteiger partial charge in [-0.1, -0.05) is 26.0 Å². The highest BCUT2D eigenvalue weighted by atomic mass is 16.1. The van der Waals surface area contributed by atoms with E-state index in [9.17, 15) is 4.79 Å². The van der Waals surface area contributed by atoms with Crippen molar-refractivity contribution in [2.75, 3.05) is 12.4 Å². The van der Waals surface area contributed by atoms with Crippen molar-refractivity contribution < 1.29 is 4.79 Å². The zero-order chi connectivity index (χ0) is 13.5. The molecular formula is C13H20N4O. The van der Waals surface area contributed by atoms with Crippen LogP contribution >= 0.6 is 0 Å². The molecular weight excluding hydrogens is 228 g/mol. The molecule has 0 unspecified atom stereocenters. The number of carbonyl (C=O) groups is 1. The molecule has 0 atom stereocenters. The quantitative estimate of drug-likeness (QED) is 0.555. The Balaban J connectivity index is 2.55. The molecule has 0 aromatic heterocycles. The number of nitrogens with zero attached hydrogens (tertiary/aromatic N) is 1. The van der Waals surface area contributed by atoms with E-state index in [4.69, 9.17) is 5.73 Å². The number of rotatable bonds is 4. The van der Waals surface area contributed by atoms with Crippen molar-refractivity contribution in [2.45, 2.75) is 20.4 Å². The van der Waals surface area contributed by atoms with Gasteiger partial charge in [-0.25, -0.2) is 0 Å². The summed E-state index contributed by atoms with van der Waals surface area (Å²) in [5, 5.41) is 5.80.